The van der Waals surface area contributed by atoms with E-state index in [1.165, 1.54) is 0 Å². The number of aliphatic carboxylic acids is 1. The summed E-state index contributed by atoms with van der Waals surface area (Å²) in [6, 6.07) is 21.3. The number of carboxylic acids is 1. The highest BCUT2D eigenvalue weighted by atomic mass is 16.5. The highest BCUT2D eigenvalue weighted by Crippen LogP contribution is 2.35. The molecule has 4 aromatic rings. The third kappa shape index (κ3) is 7.31. The van der Waals surface area contributed by atoms with Crippen LogP contribution in [0.15, 0.2) is 72.8 Å². The number of ether oxygens (including phenoxy) is 2. The number of nitrogen functional groups attached to an aromatic ring is 1. The Hall–Kier alpha value is -5.09. The van der Waals surface area contributed by atoms with Gasteiger partial charge >= 0.3 is 5.97 Å². The lowest BCUT2D eigenvalue weighted by Crippen LogP contribution is -2.17. The Morgan fingerprint density at radius 3 is 2.29 bits per heavy atom. The number of aliphatic hydroxyl groups excluding tert-OH is 1. The lowest BCUT2D eigenvalue weighted by molar-refractivity contribution is -0.139. The summed E-state index contributed by atoms with van der Waals surface area (Å²) in [5.74, 6) is -1.01. The van der Waals surface area contributed by atoms with E-state index in [1.54, 1.807) is 42.5 Å². The van der Waals surface area contributed by atoms with Crippen LogP contribution in [0.5, 0.6) is 11.5 Å². The Balaban J connectivity index is 1.70. The molecule has 0 fully saturated rings. The van der Waals surface area contributed by atoms with Crippen molar-refractivity contribution in [3.63, 3.8) is 0 Å². The Kier molecular flexibility index (Phi) is 9.05. The lowest BCUT2D eigenvalue weighted by Gasteiger charge is -2.20. The third-order valence-corrected chi connectivity index (χ3v) is 6.13. The number of amides is 1. The first-order valence-electron chi connectivity index (χ1n) is 12.9. The molecule has 10 nitrogen and oxygen atoms in total. The second-order valence-corrected chi connectivity index (χ2v) is 9.63. The first-order chi connectivity index (χ1) is 19.6. The van der Waals surface area contributed by atoms with Gasteiger partial charge in [0.2, 0.25) is 0 Å². The number of hydrogen-bond acceptors (Lipinski definition) is 7. The molecule has 4 rings (SSSR count). The minimum atomic E-state index is -1.14. The summed E-state index contributed by atoms with van der Waals surface area (Å²) >= 11 is 0. The summed E-state index contributed by atoms with van der Waals surface area (Å²) < 4.78 is 11.5. The maximum Gasteiger partial charge on any atom is 0.341 e. The summed E-state index contributed by atoms with van der Waals surface area (Å²) in [5, 5.41) is 34.6. The van der Waals surface area contributed by atoms with Crippen molar-refractivity contribution in [1.82, 2.24) is 0 Å². The van der Waals surface area contributed by atoms with Crippen molar-refractivity contribution in [3.05, 3.63) is 95.1 Å². The van der Waals surface area contributed by atoms with Gasteiger partial charge in [0.15, 0.2) is 18.1 Å². The van der Waals surface area contributed by atoms with Crippen LogP contribution in [0, 0.1) is 5.41 Å². The van der Waals surface area contributed by atoms with Gasteiger partial charge in [0.05, 0.1) is 18.3 Å². The van der Waals surface area contributed by atoms with Crippen molar-refractivity contribution >= 4 is 39.9 Å². The number of amidine groups is 1. The van der Waals surface area contributed by atoms with Crippen LogP contribution in [-0.2, 0) is 17.9 Å². The van der Waals surface area contributed by atoms with Crippen molar-refractivity contribution in [2.45, 2.75) is 33.1 Å². The molecule has 0 radical (unpaired) electrons. The molecule has 0 bridgehead atoms. The van der Waals surface area contributed by atoms with E-state index in [-0.39, 0.29) is 36.7 Å². The molecule has 0 aliphatic rings. The number of anilines is 2. The number of aliphatic hydroxyl groups is 1. The average Bonchev–Trinajstić information content (AvgIpc) is 2.94. The highest BCUT2D eigenvalue weighted by molar-refractivity contribution is 6.11. The number of rotatable bonds is 12. The van der Waals surface area contributed by atoms with Crippen LogP contribution in [-0.4, -0.2) is 40.6 Å². The number of nitrogens with two attached hydrogens (primary N) is 1. The number of benzene rings is 4. The van der Waals surface area contributed by atoms with Crippen LogP contribution in [0.25, 0.3) is 10.8 Å². The molecular weight excluding hydrogens is 524 g/mol. The zero-order valence-electron chi connectivity index (χ0n) is 22.7. The van der Waals surface area contributed by atoms with Crippen molar-refractivity contribution in [3.8, 4) is 11.5 Å². The van der Waals surface area contributed by atoms with Gasteiger partial charge in [-0.2, -0.15) is 0 Å². The fourth-order valence-electron chi connectivity index (χ4n) is 4.28. The molecule has 212 valence electrons. The molecule has 0 heterocycles. The van der Waals surface area contributed by atoms with E-state index in [2.05, 4.69) is 10.6 Å². The minimum absolute atomic E-state index is 0.0668. The van der Waals surface area contributed by atoms with Crippen molar-refractivity contribution < 1.29 is 29.3 Å². The SMILES string of the molecule is CC(C)Oc1cc(CO)cc(CNc2cc3ccccc3cc2C(=O)Nc2ccc(C(=N)N)cc2)c1OCC(=O)O. The average molecular weight is 557 g/mol. The van der Waals surface area contributed by atoms with E-state index in [4.69, 9.17) is 20.6 Å². The highest BCUT2D eigenvalue weighted by Gasteiger charge is 2.19. The normalized spacial score (nSPS) is 10.8. The largest absolute Gasteiger partial charge is 0.487 e. The van der Waals surface area contributed by atoms with Gasteiger partial charge in [0.1, 0.15) is 5.84 Å². The summed E-state index contributed by atoms with van der Waals surface area (Å²) in [7, 11) is 0. The number of carbonyl (C=O) groups is 2. The van der Waals surface area contributed by atoms with E-state index in [0.717, 1.165) is 10.8 Å². The van der Waals surface area contributed by atoms with Crippen molar-refractivity contribution in [2.24, 2.45) is 5.73 Å². The zero-order valence-corrected chi connectivity index (χ0v) is 22.7. The maximum absolute atomic E-state index is 13.5. The fourth-order valence-corrected chi connectivity index (χ4v) is 4.28. The van der Waals surface area contributed by atoms with Crippen LogP contribution in [0.3, 0.4) is 0 Å². The summed E-state index contributed by atoms with van der Waals surface area (Å²) in [5.41, 5.74) is 8.64. The van der Waals surface area contributed by atoms with Crippen LogP contribution in [0.1, 0.15) is 40.9 Å². The number of carboxylic acid groups (broad SMARTS) is 1. The maximum atomic E-state index is 13.5. The van der Waals surface area contributed by atoms with Crippen molar-refractivity contribution in [2.75, 3.05) is 17.2 Å². The smallest absolute Gasteiger partial charge is 0.341 e. The summed E-state index contributed by atoms with van der Waals surface area (Å²) in [6.45, 7) is 2.97. The molecule has 0 aromatic heterocycles. The molecule has 0 atom stereocenters. The molecular formula is C31H32N4O6. The van der Waals surface area contributed by atoms with Crippen LogP contribution < -0.4 is 25.8 Å². The molecule has 0 saturated carbocycles. The van der Waals surface area contributed by atoms with Crippen molar-refractivity contribution in [1.29, 1.82) is 5.41 Å². The van der Waals surface area contributed by atoms with Gasteiger partial charge in [-0.05, 0) is 78.7 Å². The van der Waals surface area contributed by atoms with E-state index in [0.29, 0.717) is 39.4 Å². The third-order valence-electron chi connectivity index (χ3n) is 6.13. The number of hydrogen-bond donors (Lipinski definition) is 6. The molecule has 0 aliphatic heterocycles. The van der Waals surface area contributed by atoms with Gasteiger partial charge in [0.25, 0.3) is 5.91 Å². The summed E-state index contributed by atoms with van der Waals surface area (Å²) in [6.07, 6.45) is -0.225. The van der Waals surface area contributed by atoms with E-state index >= 15 is 0 Å². The van der Waals surface area contributed by atoms with Gasteiger partial charge in [-0.3, -0.25) is 10.2 Å². The second kappa shape index (κ2) is 12.8. The molecule has 10 heteroatoms. The number of carbonyl (C=O) groups excluding carboxylic acids is 1. The molecule has 0 unspecified atom stereocenters. The van der Waals surface area contributed by atoms with E-state index < -0.39 is 12.6 Å². The molecule has 0 spiro atoms. The Labute approximate surface area is 237 Å². The fraction of sp³-hybridized carbons (Fsp3) is 0.194. The molecule has 7 N–H and O–H groups in total. The topological polar surface area (TPSA) is 167 Å². The monoisotopic (exact) mass is 556 g/mol. The molecule has 1 amide bonds. The van der Waals surface area contributed by atoms with Gasteiger partial charge in [-0.25, -0.2) is 4.79 Å². The quantitative estimate of drug-likeness (QED) is 0.108. The lowest BCUT2D eigenvalue weighted by atomic mass is 10.0. The van der Waals surface area contributed by atoms with Gasteiger partial charge in [-0.15, -0.1) is 0 Å². The molecule has 0 saturated heterocycles. The predicted molar refractivity (Wildman–Crippen MR) is 158 cm³/mol. The Morgan fingerprint density at radius 2 is 1.68 bits per heavy atom. The van der Waals surface area contributed by atoms with Crippen LogP contribution >= 0.6 is 0 Å². The zero-order chi connectivity index (χ0) is 29.5. The first-order valence-corrected chi connectivity index (χ1v) is 12.9. The molecule has 0 aliphatic carbocycles. The Bertz CT molecular complexity index is 1580. The van der Waals surface area contributed by atoms with Crippen LogP contribution in [0.4, 0.5) is 11.4 Å². The standard InChI is InChI=1S/C31H32N4O6/c1-18(2)41-27-12-19(16-36)11-23(29(27)40-17-28(37)38)15-34-26-14-22-6-4-3-5-21(22)13-25(26)31(39)35-24-9-7-20(8-10-24)30(32)33/h3-14,18,34,36H,15-17H2,1-2H3,(H3,32,33)(H,35,39)(H,37,38). The van der Waals surface area contributed by atoms with Gasteiger partial charge < -0.3 is 36.1 Å². The Morgan fingerprint density at radius 1 is 1.00 bits per heavy atom. The van der Waals surface area contributed by atoms with Gasteiger partial charge in [-0.1, -0.05) is 24.3 Å². The molecule has 4 aromatic carbocycles. The second-order valence-electron chi connectivity index (χ2n) is 9.63. The van der Waals surface area contributed by atoms with Crippen LogP contribution in [0.2, 0.25) is 0 Å². The minimum Gasteiger partial charge on any atom is -0.487 e. The predicted octanol–water partition coefficient (Wildman–Crippen LogP) is 4.73. The number of fused-ring (bicyclic) bond motifs is 1. The van der Waals surface area contributed by atoms with E-state index in [9.17, 15) is 19.8 Å². The van der Waals surface area contributed by atoms with Gasteiger partial charge in [0, 0.05) is 29.0 Å². The van der Waals surface area contributed by atoms with E-state index in [1.807, 2.05) is 44.2 Å². The molecule has 41 heavy (non-hydrogen) atoms. The first kappa shape index (κ1) is 28.9. The summed E-state index contributed by atoms with van der Waals surface area (Å²) in [4.78, 5) is 24.8. The number of nitrogens with one attached hydrogen (secondary N) is 3.